The molecule has 0 spiro atoms. The summed E-state index contributed by atoms with van der Waals surface area (Å²) in [5.74, 6) is -1.80. The molecule has 0 aliphatic rings. The van der Waals surface area contributed by atoms with Gasteiger partial charge in [-0.25, -0.2) is 0 Å². The fourth-order valence-corrected chi connectivity index (χ4v) is 6.70. The Labute approximate surface area is 345 Å². The third-order valence-corrected chi connectivity index (χ3v) is 9.97. The van der Waals surface area contributed by atoms with Crippen LogP contribution in [0.1, 0.15) is 271 Å². The fourth-order valence-electron chi connectivity index (χ4n) is 6.70. The monoisotopic (exact) mass is 767 g/mol. The minimum Gasteiger partial charge on any atom is -0.550 e. The van der Waals surface area contributed by atoms with E-state index in [1.165, 1.54) is 218 Å². The number of aliphatic carboxylic acids is 2. The predicted octanol–water partition coefficient (Wildman–Crippen LogP) is 12.7. The van der Waals surface area contributed by atoms with Crippen molar-refractivity contribution in [2.24, 2.45) is 0 Å². The van der Waals surface area contributed by atoms with Gasteiger partial charge in [0.15, 0.2) is 0 Å². The molecule has 49 heavy (non-hydrogen) atoms. The molecule has 0 saturated carbocycles. The smallest absolute Gasteiger partial charge is 0.550 e. The van der Waals surface area contributed by atoms with E-state index in [4.69, 9.17) is 0 Å². The van der Waals surface area contributed by atoms with Gasteiger partial charge in [-0.3, -0.25) is 0 Å². The molecule has 0 rings (SSSR count). The minimum atomic E-state index is -0.901. The summed E-state index contributed by atoms with van der Waals surface area (Å²) < 4.78 is 0. The Kier molecular flexibility index (Phi) is 55.4. The largest absolute Gasteiger partial charge is 2.00 e. The summed E-state index contributed by atoms with van der Waals surface area (Å²) in [5.41, 5.74) is 0. The number of carbonyl (C=O) groups is 2. The van der Waals surface area contributed by atoms with E-state index in [0.29, 0.717) is 0 Å². The molecule has 0 aromatic rings. The zero-order chi connectivity index (χ0) is 35.4. The van der Waals surface area contributed by atoms with Crippen LogP contribution in [0.15, 0.2) is 0 Å². The molecular formula is C44H86O4Sr. The van der Waals surface area contributed by atoms with Crippen LogP contribution < -0.4 is 10.2 Å². The average molecular weight is 767 g/mol. The summed E-state index contributed by atoms with van der Waals surface area (Å²) in [4.78, 5) is 20.5. The summed E-state index contributed by atoms with van der Waals surface area (Å²) in [6.07, 6.45) is 51.5. The number of rotatable bonds is 40. The van der Waals surface area contributed by atoms with Gasteiger partial charge in [0.25, 0.3) is 0 Å². The number of carboxylic acid groups (broad SMARTS) is 2. The molecule has 0 radical (unpaired) electrons. The number of carboxylic acids is 2. The van der Waals surface area contributed by atoms with Gasteiger partial charge in [-0.1, -0.05) is 245 Å². The molecule has 0 saturated heterocycles. The maximum atomic E-state index is 10.3. The van der Waals surface area contributed by atoms with Crippen molar-refractivity contribution in [3.05, 3.63) is 0 Å². The predicted molar refractivity (Wildman–Crippen MR) is 212 cm³/mol. The van der Waals surface area contributed by atoms with Gasteiger partial charge in [-0.15, -0.1) is 0 Å². The Morgan fingerprint density at radius 3 is 0.510 bits per heavy atom. The first kappa shape index (κ1) is 53.8. The van der Waals surface area contributed by atoms with Gasteiger partial charge in [0.05, 0.1) is 0 Å². The van der Waals surface area contributed by atoms with Gasteiger partial charge in [0.2, 0.25) is 0 Å². The van der Waals surface area contributed by atoms with Crippen LogP contribution in [0, 0.1) is 0 Å². The van der Waals surface area contributed by atoms with Crippen LogP contribution in [-0.2, 0) is 9.59 Å². The SMILES string of the molecule is CCCCCCCCCCCCCCCCCCCCCC(=O)[O-].CCCCCCCCCCCCCCCCCCCCCC(=O)[O-].[Sr+2]. The van der Waals surface area contributed by atoms with Crippen molar-refractivity contribution < 1.29 is 19.8 Å². The van der Waals surface area contributed by atoms with E-state index in [1.54, 1.807) is 0 Å². The van der Waals surface area contributed by atoms with Crippen molar-refractivity contribution >= 4 is 57.4 Å². The molecule has 0 aromatic carbocycles. The van der Waals surface area contributed by atoms with Crippen LogP contribution in [0.25, 0.3) is 0 Å². The Morgan fingerprint density at radius 2 is 0.388 bits per heavy atom. The molecule has 5 heteroatoms. The van der Waals surface area contributed by atoms with E-state index < -0.39 is 11.9 Å². The molecule has 0 fully saturated rings. The molecule has 4 nitrogen and oxygen atoms in total. The van der Waals surface area contributed by atoms with Crippen molar-refractivity contribution in [3.63, 3.8) is 0 Å². The van der Waals surface area contributed by atoms with Crippen LogP contribution in [0.4, 0.5) is 0 Å². The number of carbonyl (C=O) groups excluding carboxylic acids is 2. The second-order valence-electron chi connectivity index (χ2n) is 15.0. The quantitative estimate of drug-likeness (QED) is 0.0459. The summed E-state index contributed by atoms with van der Waals surface area (Å²) in [6, 6.07) is 0. The number of unbranched alkanes of at least 4 members (excludes halogenated alkanes) is 36. The molecule has 0 unspecified atom stereocenters. The van der Waals surface area contributed by atoms with E-state index in [1.807, 2.05) is 0 Å². The van der Waals surface area contributed by atoms with Gasteiger partial charge in [0, 0.05) is 11.9 Å². The first-order valence-corrected chi connectivity index (χ1v) is 21.9. The summed E-state index contributed by atoms with van der Waals surface area (Å²) in [7, 11) is 0. The second-order valence-corrected chi connectivity index (χ2v) is 15.0. The molecule has 0 amide bonds. The molecule has 0 heterocycles. The van der Waals surface area contributed by atoms with Gasteiger partial charge in [-0.05, 0) is 25.7 Å². The van der Waals surface area contributed by atoms with Crippen molar-refractivity contribution in [3.8, 4) is 0 Å². The molecule has 0 atom stereocenters. The normalized spacial score (nSPS) is 10.8. The third-order valence-electron chi connectivity index (χ3n) is 9.97. The molecule has 288 valence electrons. The minimum absolute atomic E-state index is 0. The van der Waals surface area contributed by atoms with Crippen LogP contribution in [0.5, 0.6) is 0 Å². The third kappa shape index (κ3) is 58.0. The topological polar surface area (TPSA) is 80.3 Å². The standard InChI is InChI=1S/2C22H44O2.Sr/c2*1-2-3-4-5-6-7-8-9-10-11-12-13-14-15-16-17-18-19-20-21-22(23)24;/h2*2-21H2,1H3,(H,23,24);/q;;+2/p-2. The van der Waals surface area contributed by atoms with Crippen molar-refractivity contribution in [2.45, 2.75) is 271 Å². The molecule has 0 aliphatic carbocycles. The number of hydrogen-bond acceptors (Lipinski definition) is 4. The van der Waals surface area contributed by atoms with Crippen LogP contribution >= 0.6 is 0 Å². The van der Waals surface area contributed by atoms with Crippen LogP contribution in [0.3, 0.4) is 0 Å². The molecule has 0 bridgehead atoms. The zero-order valence-electron chi connectivity index (χ0n) is 33.6. The fraction of sp³-hybridized carbons (Fsp3) is 0.955. The van der Waals surface area contributed by atoms with Crippen molar-refractivity contribution in [1.29, 1.82) is 0 Å². The van der Waals surface area contributed by atoms with E-state index in [0.717, 1.165) is 25.7 Å². The summed E-state index contributed by atoms with van der Waals surface area (Å²) >= 11 is 0. The first-order valence-electron chi connectivity index (χ1n) is 21.9. The maximum absolute atomic E-state index is 10.3. The Bertz CT molecular complexity index is 560. The van der Waals surface area contributed by atoms with Gasteiger partial charge in [0.1, 0.15) is 0 Å². The van der Waals surface area contributed by atoms with E-state index in [-0.39, 0.29) is 58.3 Å². The average Bonchev–Trinajstić information content (AvgIpc) is 3.07. The zero-order valence-corrected chi connectivity index (χ0v) is 37.1. The van der Waals surface area contributed by atoms with Crippen LogP contribution in [0.2, 0.25) is 0 Å². The number of hydrogen-bond donors (Lipinski definition) is 0. The first-order chi connectivity index (χ1) is 23.5. The summed E-state index contributed by atoms with van der Waals surface area (Å²) in [6.45, 7) is 4.56. The maximum Gasteiger partial charge on any atom is 2.00 e. The molecule has 0 aromatic heterocycles. The molecule has 0 aliphatic heterocycles. The second kappa shape index (κ2) is 50.5. The van der Waals surface area contributed by atoms with Gasteiger partial charge in [-0.2, -0.15) is 0 Å². The Hall–Kier alpha value is 0.421. The van der Waals surface area contributed by atoms with Gasteiger partial charge >= 0.3 is 45.5 Å². The van der Waals surface area contributed by atoms with Crippen molar-refractivity contribution in [1.82, 2.24) is 0 Å². The van der Waals surface area contributed by atoms with Crippen LogP contribution in [-0.4, -0.2) is 57.4 Å². The molecular weight excluding hydrogens is 680 g/mol. The van der Waals surface area contributed by atoms with E-state index in [2.05, 4.69) is 13.8 Å². The van der Waals surface area contributed by atoms with Gasteiger partial charge < -0.3 is 19.8 Å². The van der Waals surface area contributed by atoms with E-state index in [9.17, 15) is 19.8 Å². The molecule has 0 N–H and O–H groups in total. The van der Waals surface area contributed by atoms with Crippen molar-refractivity contribution in [2.75, 3.05) is 0 Å². The summed E-state index contributed by atoms with van der Waals surface area (Å²) in [5, 5.41) is 20.5. The Balaban J connectivity index is -0.000000846. The Morgan fingerprint density at radius 1 is 0.265 bits per heavy atom. The van der Waals surface area contributed by atoms with E-state index >= 15 is 0 Å².